The van der Waals surface area contributed by atoms with Crippen molar-refractivity contribution in [1.82, 2.24) is 10.6 Å². The van der Waals surface area contributed by atoms with Gasteiger partial charge in [0, 0.05) is 5.56 Å². The smallest absolute Gasteiger partial charge is 0.240 e. The molecular formula is C17H28ClN3O3. The fourth-order valence-corrected chi connectivity index (χ4v) is 2.21. The summed E-state index contributed by atoms with van der Waals surface area (Å²) in [6.45, 7) is 7.36. The van der Waals surface area contributed by atoms with E-state index in [2.05, 4.69) is 10.6 Å². The Morgan fingerprint density at radius 1 is 1.25 bits per heavy atom. The van der Waals surface area contributed by atoms with Crippen molar-refractivity contribution >= 4 is 24.2 Å². The van der Waals surface area contributed by atoms with Gasteiger partial charge in [0.05, 0.1) is 25.2 Å². The molecule has 0 radical (unpaired) electrons. The topological polar surface area (TPSA) is 93.5 Å². The quantitative estimate of drug-likeness (QED) is 0.690. The number of benzene rings is 1. The lowest BCUT2D eigenvalue weighted by atomic mass is 9.93. The predicted octanol–water partition coefficient (Wildman–Crippen LogP) is 1.57. The Kier molecular flexibility index (Phi) is 8.78. The Balaban J connectivity index is 0.00000529. The molecule has 0 bridgehead atoms. The number of para-hydroxylation sites is 1. The van der Waals surface area contributed by atoms with Gasteiger partial charge < -0.3 is 21.1 Å². The van der Waals surface area contributed by atoms with Crippen molar-refractivity contribution in [2.24, 2.45) is 11.7 Å². The summed E-state index contributed by atoms with van der Waals surface area (Å²) < 4.78 is 5.33. The third-order valence-electron chi connectivity index (χ3n) is 3.68. The van der Waals surface area contributed by atoms with Crippen LogP contribution in [0, 0.1) is 5.92 Å². The first-order valence-corrected chi connectivity index (χ1v) is 7.67. The zero-order chi connectivity index (χ0) is 17.6. The summed E-state index contributed by atoms with van der Waals surface area (Å²) in [4.78, 5) is 23.9. The van der Waals surface area contributed by atoms with Gasteiger partial charge in [-0.2, -0.15) is 0 Å². The molecule has 0 fully saturated rings. The van der Waals surface area contributed by atoms with E-state index in [4.69, 9.17) is 10.5 Å². The fourth-order valence-electron chi connectivity index (χ4n) is 2.21. The van der Waals surface area contributed by atoms with Crippen LogP contribution in [0.15, 0.2) is 24.3 Å². The summed E-state index contributed by atoms with van der Waals surface area (Å²) in [7, 11) is 1.59. The SMILES string of the molecule is COc1ccccc1C(C)(C)NC(=O)CNC(=O)[C@@H](N)C(C)C.Cl. The van der Waals surface area contributed by atoms with E-state index in [0.717, 1.165) is 5.56 Å². The van der Waals surface area contributed by atoms with Crippen LogP contribution >= 0.6 is 12.4 Å². The van der Waals surface area contributed by atoms with Crippen LogP contribution in [0.5, 0.6) is 5.75 Å². The predicted molar refractivity (Wildman–Crippen MR) is 97.2 cm³/mol. The highest BCUT2D eigenvalue weighted by molar-refractivity contribution is 5.87. The second kappa shape index (κ2) is 9.49. The summed E-state index contributed by atoms with van der Waals surface area (Å²) in [6.07, 6.45) is 0. The average Bonchev–Trinajstić information content (AvgIpc) is 2.51. The van der Waals surface area contributed by atoms with Crippen molar-refractivity contribution in [3.8, 4) is 5.75 Å². The van der Waals surface area contributed by atoms with E-state index in [-0.39, 0.29) is 36.7 Å². The van der Waals surface area contributed by atoms with Crippen LogP contribution in [0.4, 0.5) is 0 Å². The molecule has 1 atom stereocenters. The van der Waals surface area contributed by atoms with Crippen molar-refractivity contribution in [3.05, 3.63) is 29.8 Å². The lowest BCUT2D eigenvalue weighted by Gasteiger charge is -2.28. The van der Waals surface area contributed by atoms with Crippen LogP contribution < -0.4 is 21.1 Å². The molecule has 6 nitrogen and oxygen atoms in total. The Labute approximate surface area is 149 Å². The van der Waals surface area contributed by atoms with E-state index in [9.17, 15) is 9.59 Å². The monoisotopic (exact) mass is 357 g/mol. The molecule has 1 rings (SSSR count). The molecule has 0 spiro atoms. The number of rotatable bonds is 7. The summed E-state index contributed by atoms with van der Waals surface area (Å²) >= 11 is 0. The fraction of sp³-hybridized carbons (Fsp3) is 0.529. The van der Waals surface area contributed by atoms with Gasteiger partial charge in [0.2, 0.25) is 11.8 Å². The van der Waals surface area contributed by atoms with E-state index in [1.807, 2.05) is 52.0 Å². The number of nitrogens with two attached hydrogens (primary N) is 1. The standard InChI is InChI=1S/C17H27N3O3.ClH/c1-11(2)15(18)16(22)19-10-14(21)20-17(3,4)12-8-6-7-9-13(12)23-5;/h6-9,11,15H,10,18H2,1-5H3,(H,19,22)(H,20,21);1H/t15-;/m0./s1. The van der Waals surface area contributed by atoms with Crippen LogP contribution in [0.25, 0.3) is 0 Å². The number of nitrogens with one attached hydrogen (secondary N) is 2. The number of carbonyl (C=O) groups excluding carboxylic acids is 2. The highest BCUT2D eigenvalue weighted by Gasteiger charge is 2.26. The van der Waals surface area contributed by atoms with Gasteiger partial charge in [-0.1, -0.05) is 32.0 Å². The van der Waals surface area contributed by atoms with E-state index in [0.29, 0.717) is 5.75 Å². The first-order valence-electron chi connectivity index (χ1n) is 7.67. The van der Waals surface area contributed by atoms with E-state index in [1.54, 1.807) is 7.11 Å². The number of halogens is 1. The van der Waals surface area contributed by atoms with Gasteiger partial charge in [-0.3, -0.25) is 9.59 Å². The minimum absolute atomic E-state index is 0. The molecule has 4 N–H and O–H groups in total. The molecule has 24 heavy (non-hydrogen) atoms. The van der Waals surface area contributed by atoms with Crippen LogP contribution in [0.2, 0.25) is 0 Å². The second-order valence-electron chi connectivity index (χ2n) is 6.36. The van der Waals surface area contributed by atoms with Gasteiger partial charge in [-0.05, 0) is 25.8 Å². The zero-order valence-corrected chi connectivity index (χ0v) is 15.7. The summed E-state index contributed by atoms with van der Waals surface area (Å²) in [6, 6.07) is 6.87. The highest BCUT2D eigenvalue weighted by Crippen LogP contribution is 2.29. The summed E-state index contributed by atoms with van der Waals surface area (Å²) in [5.41, 5.74) is 5.97. The lowest BCUT2D eigenvalue weighted by Crippen LogP contribution is -2.50. The van der Waals surface area contributed by atoms with Crippen molar-refractivity contribution in [3.63, 3.8) is 0 Å². The van der Waals surface area contributed by atoms with Gasteiger partial charge >= 0.3 is 0 Å². The molecule has 1 aromatic carbocycles. The minimum atomic E-state index is -0.630. The van der Waals surface area contributed by atoms with Gasteiger partial charge in [-0.25, -0.2) is 0 Å². The Morgan fingerprint density at radius 2 is 1.83 bits per heavy atom. The molecule has 2 amide bonds. The van der Waals surface area contributed by atoms with E-state index in [1.165, 1.54) is 0 Å². The number of ether oxygens (including phenoxy) is 1. The molecular weight excluding hydrogens is 330 g/mol. The molecule has 0 heterocycles. The number of carbonyl (C=O) groups is 2. The van der Waals surface area contributed by atoms with Crippen LogP contribution in [-0.2, 0) is 15.1 Å². The summed E-state index contributed by atoms with van der Waals surface area (Å²) in [5, 5.41) is 5.46. The van der Waals surface area contributed by atoms with Gasteiger partial charge in [0.1, 0.15) is 5.75 Å². The molecule has 0 aromatic heterocycles. The molecule has 136 valence electrons. The maximum atomic E-state index is 12.1. The second-order valence-corrected chi connectivity index (χ2v) is 6.36. The molecule has 0 saturated heterocycles. The van der Waals surface area contributed by atoms with E-state index >= 15 is 0 Å². The third kappa shape index (κ3) is 6.02. The minimum Gasteiger partial charge on any atom is -0.496 e. The maximum Gasteiger partial charge on any atom is 0.240 e. The molecule has 0 aliphatic heterocycles. The van der Waals surface area contributed by atoms with Crippen LogP contribution in [0.1, 0.15) is 33.3 Å². The molecule has 1 aromatic rings. The number of amides is 2. The summed E-state index contributed by atoms with van der Waals surface area (Å²) in [5.74, 6) is 0.0993. The average molecular weight is 358 g/mol. The first-order chi connectivity index (χ1) is 10.7. The molecule has 0 saturated carbocycles. The normalized spacial score (nSPS) is 12.1. The van der Waals surface area contributed by atoms with Crippen molar-refractivity contribution in [2.45, 2.75) is 39.3 Å². The molecule has 7 heteroatoms. The Morgan fingerprint density at radius 3 is 2.38 bits per heavy atom. The van der Waals surface area contributed by atoms with Crippen molar-refractivity contribution in [2.75, 3.05) is 13.7 Å². The zero-order valence-electron chi connectivity index (χ0n) is 14.9. The van der Waals surface area contributed by atoms with Gasteiger partial charge in [0.25, 0.3) is 0 Å². The van der Waals surface area contributed by atoms with E-state index < -0.39 is 11.6 Å². The largest absolute Gasteiger partial charge is 0.496 e. The third-order valence-corrected chi connectivity index (χ3v) is 3.68. The Hall–Kier alpha value is -1.79. The van der Waals surface area contributed by atoms with Crippen LogP contribution in [-0.4, -0.2) is 31.5 Å². The highest BCUT2D eigenvalue weighted by atomic mass is 35.5. The number of hydrogen-bond acceptors (Lipinski definition) is 4. The molecule has 0 aliphatic rings. The lowest BCUT2D eigenvalue weighted by molar-refractivity contribution is -0.128. The van der Waals surface area contributed by atoms with Crippen molar-refractivity contribution in [1.29, 1.82) is 0 Å². The van der Waals surface area contributed by atoms with Crippen LogP contribution in [0.3, 0.4) is 0 Å². The van der Waals surface area contributed by atoms with Crippen molar-refractivity contribution < 1.29 is 14.3 Å². The number of hydrogen-bond donors (Lipinski definition) is 3. The number of methoxy groups -OCH3 is 1. The first kappa shape index (κ1) is 22.2. The van der Waals surface area contributed by atoms with Gasteiger partial charge in [-0.15, -0.1) is 12.4 Å². The molecule has 0 unspecified atom stereocenters. The molecule has 0 aliphatic carbocycles. The maximum absolute atomic E-state index is 12.1. The Bertz CT molecular complexity index is 562. The van der Waals surface area contributed by atoms with Gasteiger partial charge in [0.15, 0.2) is 0 Å².